The number of hydrogen-bond donors (Lipinski definition) is 2. The molecule has 3 nitrogen and oxygen atoms in total. The molecule has 2 N–H and O–H groups in total. The number of ether oxygens (including phenoxy) is 1. The van der Waals surface area contributed by atoms with Gasteiger partial charge in [0, 0.05) is 13.1 Å². The molecule has 0 aromatic heterocycles. The predicted molar refractivity (Wildman–Crippen MR) is 70.3 cm³/mol. The number of benzene rings is 1. The van der Waals surface area contributed by atoms with Crippen molar-refractivity contribution in [3.05, 3.63) is 34.9 Å². The summed E-state index contributed by atoms with van der Waals surface area (Å²) in [4.78, 5) is 0. The first-order valence-electron chi connectivity index (χ1n) is 6.29. The van der Waals surface area contributed by atoms with E-state index in [0.29, 0.717) is 0 Å². The Morgan fingerprint density at radius 3 is 2.82 bits per heavy atom. The zero-order valence-corrected chi connectivity index (χ0v) is 10.9. The van der Waals surface area contributed by atoms with E-state index in [1.165, 1.54) is 16.7 Å². The van der Waals surface area contributed by atoms with Crippen LogP contribution in [0.2, 0.25) is 0 Å². The Labute approximate surface area is 104 Å². The normalized spacial score (nSPS) is 22.4. The number of hydrogen-bond acceptors (Lipinski definition) is 3. The molecule has 0 radical (unpaired) electrons. The van der Waals surface area contributed by atoms with Crippen LogP contribution in [0, 0.1) is 13.8 Å². The van der Waals surface area contributed by atoms with E-state index in [1.54, 1.807) is 0 Å². The Hall–Kier alpha value is -0.900. The monoisotopic (exact) mass is 234 g/mol. The van der Waals surface area contributed by atoms with Gasteiger partial charge in [0.25, 0.3) is 0 Å². The lowest BCUT2D eigenvalue weighted by atomic mass is 9.95. The lowest BCUT2D eigenvalue weighted by Crippen LogP contribution is -2.45. The molecule has 0 bridgehead atoms. The smallest absolute Gasteiger partial charge is 0.0894 e. The van der Waals surface area contributed by atoms with Crippen molar-refractivity contribution >= 4 is 0 Å². The van der Waals surface area contributed by atoms with Crippen LogP contribution in [-0.4, -0.2) is 32.8 Å². The molecule has 17 heavy (non-hydrogen) atoms. The molecule has 1 aromatic carbocycles. The van der Waals surface area contributed by atoms with E-state index in [0.717, 1.165) is 19.7 Å². The SMILES string of the molecule is CNC(c1ccc(C)cc1C)C1CNCCO1. The van der Waals surface area contributed by atoms with Crippen molar-refractivity contribution in [3.63, 3.8) is 0 Å². The topological polar surface area (TPSA) is 33.3 Å². The fraction of sp³-hybridized carbons (Fsp3) is 0.571. The van der Waals surface area contributed by atoms with Gasteiger partial charge in [-0.25, -0.2) is 0 Å². The summed E-state index contributed by atoms with van der Waals surface area (Å²) in [5, 5.41) is 6.77. The number of aryl methyl sites for hydroxylation is 2. The van der Waals surface area contributed by atoms with Crippen molar-refractivity contribution in [3.8, 4) is 0 Å². The minimum Gasteiger partial charge on any atom is -0.374 e. The molecule has 0 spiro atoms. The molecular formula is C14H22N2O. The third-order valence-electron chi connectivity index (χ3n) is 3.40. The highest BCUT2D eigenvalue weighted by Crippen LogP contribution is 2.24. The van der Waals surface area contributed by atoms with Crippen molar-refractivity contribution in [1.82, 2.24) is 10.6 Å². The Balaban J connectivity index is 2.21. The maximum atomic E-state index is 5.85. The van der Waals surface area contributed by atoms with Gasteiger partial charge in [0.15, 0.2) is 0 Å². The van der Waals surface area contributed by atoms with Gasteiger partial charge in [0.05, 0.1) is 18.8 Å². The van der Waals surface area contributed by atoms with Gasteiger partial charge in [-0.1, -0.05) is 23.8 Å². The molecule has 0 amide bonds. The Morgan fingerprint density at radius 2 is 2.24 bits per heavy atom. The van der Waals surface area contributed by atoms with Gasteiger partial charge in [-0.2, -0.15) is 0 Å². The second kappa shape index (κ2) is 5.63. The van der Waals surface area contributed by atoms with Crippen LogP contribution in [0.1, 0.15) is 22.7 Å². The van der Waals surface area contributed by atoms with Crippen LogP contribution in [0.25, 0.3) is 0 Å². The molecule has 2 unspecified atom stereocenters. The average molecular weight is 234 g/mol. The van der Waals surface area contributed by atoms with Crippen LogP contribution in [0.15, 0.2) is 18.2 Å². The summed E-state index contributed by atoms with van der Waals surface area (Å²) in [7, 11) is 2.00. The first-order chi connectivity index (χ1) is 8.22. The number of rotatable bonds is 3. The number of nitrogens with one attached hydrogen (secondary N) is 2. The van der Waals surface area contributed by atoms with Crippen molar-refractivity contribution in [2.24, 2.45) is 0 Å². The molecule has 1 saturated heterocycles. The molecule has 2 rings (SSSR count). The fourth-order valence-corrected chi connectivity index (χ4v) is 2.52. The van der Waals surface area contributed by atoms with Gasteiger partial charge in [-0.15, -0.1) is 0 Å². The van der Waals surface area contributed by atoms with Crippen LogP contribution in [-0.2, 0) is 4.74 Å². The summed E-state index contributed by atoms with van der Waals surface area (Å²) >= 11 is 0. The molecule has 1 heterocycles. The highest BCUT2D eigenvalue weighted by atomic mass is 16.5. The second-order valence-corrected chi connectivity index (χ2v) is 4.74. The Morgan fingerprint density at radius 1 is 1.41 bits per heavy atom. The van der Waals surface area contributed by atoms with Gasteiger partial charge in [-0.3, -0.25) is 0 Å². The van der Waals surface area contributed by atoms with Gasteiger partial charge < -0.3 is 15.4 Å². The summed E-state index contributed by atoms with van der Waals surface area (Å²) in [5.74, 6) is 0. The fourth-order valence-electron chi connectivity index (χ4n) is 2.52. The lowest BCUT2D eigenvalue weighted by molar-refractivity contribution is 0.00524. The van der Waals surface area contributed by atoms with E-state index in [-0.39, 0.29) is 12.1 Å². The highest BCUT2D eigenvalue weighted by Gasteiger charge is 2.25. The molecule has 1 aliphatic rings. The van der Waals surface area contributed by atoms with Gasteiger partial charge in [-0.05, 0) is 32.0 Å². The molecular weight excluding hydrogens is 212 g/mol. The maximum absolute atomic E-state index is 5.85. The van der Waals surface area contributed by atoms with Crippen LogP contribution in [0.5, 0.6) is 0 Å². The summed E-state index contributed by atoms with van der Waals surface area (Å²) in [5.41, 5.74) is 3.98. The van der Waals surface area contributed by atoms with Crippen molar-refractivity contribution < 1.29 is 4.74 Å². The Kier molecular flexibility index (Phi) is 4.15. The molecule has 0 aliphatic carbocycles. The first kappa shape index (κ1) is 12.6. The van der Waals surface area contributed by atoms with Crippen molar-refractivity contribution in [2.75, 3.05) is 26.7 Å². The van der Waals surface area contributed by atoms with E-state index in [1.807, 2.05) is 7.05 Å². The molecule has 1 aliphatic heterocycles. The van der Waals surface area contributed by atoms with E-state index < -0.39 is 0 Å². The highest BCUT2D eigenvalue weighted by molar-refractivity contribution is 5.33. The average Bonchev–Trinajstić information content (AvgIpc) is 2.34. The van der Waals surface area contributed by atoms with Crippen LogP contribution >= 0.6 is 0 Å². The summed E-state index contributed by atoms with van der Waals surface area (Å²) < 4.78 is 5.85. The number of morpholine rings is 1. The van der Waals surface area contributed by atoms with Crippen molar-refractivity contribution in [1.29, 1.82) is 0 Å². The van der Waals surface area contributed by atoms with Crippen molar-refractivity contribution in [2.45, 2.75) is 26.0 Å². The summed E-state index contributed by atoms with van der Waals surface area (Å²) in [6.45, 7) is 6.97. The Bertz CT molecular complexity index is 372. The zero-order chi connectivity index (χ0) is 12.3. The third kappa shape index (κ3) is 2.86. The standard InChI is InChI=1S/C14H22N2O/c1-10-4-5-12(11(2)8-10)14(15-3)13-9-16-6-7-17-13/h4-5,8,13-16H,6-7,9H2,1-3H3. The second-order valence-electron chi connectivity index (χ2n) is 4.74. The van der Waals surface area contributed by atoms with Gasteiger partial charge in [0.1, 0.15) is 0 Å². The summed E-state index contributed by atoms with van der Waals surface area (Å²) in [6, 6.07) is 6.88. The van der Waals surface area contributed by atoms with Gasteiger partial charge >= 0.3 is 0 Å². The van der Waals surface area contributed by atoms with Crippen LogP contribution in [0.4, 0.5) is 0 Å². The van der Waals surface area contributed by atoms with E-state index in [2.05, 4.69) is 42.7 Å². The van der Waals surface area contributed by atoms with Gasteiger partial charge in [0.2, 0.25) is 0 Å². The first-order valence-corrected chi connectivity index (χ1v) is 6.29. The van der Waals surface area contributed by atoms with Crippen LogP contribution in [0.3, 0.4) is 0 Å². The number of likely N-dealkylation sites (N-methyl/N-ethyl adjacent to an activating group) is 1. The van der Waals surface area contributed by atoms with E-state index in [4.69, 9.17) is 4.74 Å². The molecule has 1 aromatic rings. The molecule has 2 atom stereocenters. The lowest BCUT2D eigenvalue weighted by Gasteiger charge is -2.32. The largest absolute Gasteiger partial charge is 0.374 e. The third-order valence-corrected chi connectivity index (χ3v) is 3.40. The van der Waals surface area contributed by atoms with E-state index >= 15 is 0 Å². The quantitative estimate of drug-likeness (QED) is 0.832. The molecule has 0 saturated carbocycles. The zero-order valence-electron chi connectivity index (χ0n) is 10.9. The molecule has 94 valence electrons. The minimum atomic E-state index is 0.218. The maximum Gasteiger partial charge on any atom is 0.0894 e. The predicted octanol–water partition coefficient (Wildman–Crippen LogP) is 1.55. The minimum absolute atomic E-state index is 0.218. The van der Waals surface area contributed by atoms with Crippen LogP contribution < -0.4 is 10.6 Å². The summed E-state index contributed by atoms with van der Waals surface area (Å²) in [6.07, 6.45) is 0.218. The van der Waals surface area contributed by atoms with E-state index in [9.17, 15) is 0 Å². The molecule has 3 heteroatoms. The molecule has 1 fully saturated rings.